The van der Waals surface area contributed by atoms with Crippen LogP contribution in [0.5, 0.6) is 0 Å². The first-order valence-electron chi connectivity index (χ1n) is 6.10. The minimum atomic E-state index is 0.0129. The number of nitrogens with two attached hydrogens (primary N) is 1. The summed E-state index contributed by atoms with van der Waals surface area (Å²) in [5, 5.41) is 2.79. The van der Waals surface area contributed by atoms with Crippen LogP contribution < -0.4 is 16.0 Å². The number of anilines is 1. The summed E-state index contributed by atoms with van der Waals surface area (Å²) >= 11 is 8.41. The number of halogens is 1. The maximum absolute atomic E-state index is 11.6. The molecule has 0 fully saturated rings. The fourth-order valence-corrected chi connectivity index (χ4v) is 2.60. The second-order valence-electron chi connectivity index (χ2n) is 4.00. The third-order valence-electron chi connectivity index (χ3n) is 2.67. The Morgan fingerprint density at radius 3 is 2.63 bits per heavy atom. The van der Waals surface area contributed by atoms with Crippen LogP contribution in [-0.2, 0) is 4.79 Å². The molecule has 3 N–H and O–H groups in total. The molecule has 0 aromatic heterocycles. The fourth-order valence-electron chi connectivity index (χ4n) is 1.71. The lowest BCUT2D eigenvalue weighted by atomic mass is 10.2. The zero-order valence-corrected chi connectivity index (χ0v) is 13.5. The van der Waals surface area contributed by atoms with Crippen LogP contribution >= 0.6 is 28.1 Å². The van der Waals surface area contributed by atoms with E-state index in [2.05, 4.69) is 21.2 Å². The van der Waals surface area contributed by atoms with Crippen molar-refractivity contribution < 1.29 is 4.79 Å². The number of carbonyl (C=O) groups excluding carboxylic acids is 1. The van der Waals surface area contributed by atoms with Crippen LogP contribution in [0.15, 0.2) is 22.7 Å². The predicted molar refractivity (Wildman–Crippen MR) is 86.6 cm³/mol. The van der Waals surface area contributed by atoms with E-state index < -0.39 is 0 Å². The third kappa shape index (κ3) is 4.47. The molecule has 0 atom stereocenters. The van der Waals surface area contributed by atoms with Gasteiger partial charge in [0.2, 0.25) is 5.91 Å². The number of amides is 1. The van der Waals surface area contributed by atoms with E-state index in [1.54, 1.807) is 0 Å². The van der Waals surface area contributed by atoms with Crippen molar-refractivity contribution in [3.05, 3.63) is 28.2 Å². The van der Waals surface area contributed by atoms with Crippen molar-refractivity contribution >= 4 is 44.7 Å². The molecule has 1 aromatic rings. The highest BCUT2D eigenvalue weighted by molar-refractivity contribution is 9.10. The van der Waals surface area contributed by atoms with Gasteiger partial charge in [0.25, 0.3) is 0 Å². The van der Waals surface area contributed by atoms with Crippen LogP contribution in [0.3, 0.4) is 0 Å². The molecular weight excluding hydrogens is 326 g/mol. The topological polar surface area (TPSA) is 58.4 Å². The van der Waals surface area contributed by atoms with Crippen molar-refractivity contribution in [1.82, 2.24) is 5.32 Å². The highest BCUT2D eigenvalue weighted by Gasteiger charge is 2.11. The number of benzene rings is 1. The molecule has 0 aliphatic heterocycles. The molecule has 19 heavy (non-hydrogen) atoms. The van der Waals surface area contributed by atoms with Crippen molar-refractivity contribution in [1.29, 1.82) is 0 Å². The summed E-state index contributed by atoms with van der Waals surface area (Å²) < 4.78 is 0.840. The van der Waals surface area contributed by atoms with Gasteiger partial charge in [-0.25, -0.2) is 0 Å². The molecule has 0 radical (unpaired) electrons. The number of likely N-dealkylation sites (N-methyl/N-ethyl adjacent to an activating group) is 2. The lowest BCUT2D eigenvalue weighted by Crippen LogP contribution is -2.37. The monoisotopic (exact) mass is 343 g/mol. The van der Waals surface area contributed by atoms with Gasteiger partial charge < -0.3 is 16.0 Å². The van der Waals surface area contributed by atoms with Crippen molar-refractivity contribution in [2.24, 2.45) is 5.73 Å². The predicted octanol–water partition coefficient (Wildman–Crippen LogP) is 2.05. The van der Waals surface area contributed by atoms with Crippen molar-refractivity contribution in [2.75, 3.05) is 24.5 Å². The Kier molecular flexibility index (Phi) is 6.24. The smallest absolute Gasteiger partial charge is 0.239 e. The average molecular weight is 344 g/mol. The number of rotatable bonds is 6. The number of hydrogen-bond donors (Lipinski definition) is 2. The molecule has 0 heterocycles. The van der Waals surface area contributed by atoms with Gasteiger partial charge in [0, 0.05) is 28.8 Å². The summed E-state index contributed by atoms with van der Waals surface area (Å²) in [5.74, 6) is 0.0129. The summed E-state index contributed by atoms with van der Waals surface area (Å²) in [4.78, 5) is 14.0. The molecule has 4 nitrogen and oxygen atoms in total. The SMILES string of the molecule is CCNC(=O)CN(CC)c1ccc(C(N)=S)c(Br)c1. The highest BCUT2D eigenvalue weighted by atomic mass is 79.9. The van der Waals surface area contributed by atoms with Gasteiger partial charge in [-0.05, 0) is 48.0 Å². The quantitative estimate of drug-likeness (QED) is 0.776. The molecule has 6 heteroatoms. The third-order valence-corrected chi connectivity index (χ3v) is 3.55. The van der Waals surface area contributed by atoms with Crippen molar-refractivity contribution in [2.45, 2.75) is 13.8 Å². The first-order chi connectivity index (χ1) is 8.99. The van der Waals surface area contributed by atoms with Gasteiger partial charge in [-0.2, -0.15) is 0 Å². The number of nitrogens with one attached hydrogen (secondary N) is 1. The second-order valence-corrected chi connectivity index (χ2v) is 5.29. The van der Waals surface area contributed by atoms with Crippen LogP contribution in [0.4, 0.5) is 5.69 Å². The van der Waals surface area contributed by atoms with E-state index in [9.17, 15) is 4.79 Å². The van der Waals surface area contributed by atoms with Crippen LogP contribution in [-0.4, -0.2) is 30.5 Å². The van der Waals surface area contributed by atoms with E-state index >= 15 is 0 Å². The molecule has 104 valence electrons. The molecular formula is C13H18BrN3OS. The number of thiocarbonyl (C=S) groups is 1. The van der Waals surface area contributed by atoms with Gasteiger partial charge in [0.1, 0.15) is 4.99 Å². The summed E-state index contributed by atoms with van der Waals surface area (Å²) in [6, 6.07) is 5.71. The Morgan fingerprint density at radius 1 is 1.47 bits per heavy atom. The zero-order chi connectivity index (χ0) is 14.4. The van der Waals surface area contributed by atoms with Gasteiger partial charge >= 0.3 is 0 Å². The molecule has 0 aliphatic rings. The van der Waals surface area contributed by atoms with Crippen molar-refractivity contribution in [3.63, 3.8) is 0 Å². The Morgan fingerprint density at radius 2 is 2.16 bits per heavy atom. The minimum Gasteiger partial charge on any atom is -0.389 e. The number of nitrogens with zero attached hydrogens (tertiary/aromatic N) is 1. The van der Waals surface area contributed by atoms with Crippen LogP contribution in [0, 0.1) is 0 Å². The summed E-state index contributed by atoms with van der Waals surface area (Å²) in [6.45, 7) is 5.63. The van der Waals surface area contributed by atoms with E-state index in [-0.39, 0.29) is 5.91 Å². The molecule has 0 unspecified atom stereocenters. The van der Waals surface area contributed by atoms with E-state index in [1.807, 2.05) is 36.9 Å². The lowest BCUT2D eigenvalue weighted by Gasteiger charge is -2.23. The molecule has 1 amide bonds. The molecule has 0 bridgehead atoms. The van der Waals surface area contributed by atoms with E-state index in [0.717, 1.165) is 22.3 Å². The summed E-state index contributed by atoms with van der Waals surface area (Å²) in [7, 11) is 0. The lowest BCUT2D eigenvalue weighted by molar-refractivity contribution is -0.119. The van der Waals surface area contributed by atoms with Crippen LogP contribution in [0.25, 0.3) is 0 Å². The van der Waals surface area contributed by atoms with E-state index in [1.165, 1.54) is 0 Å². The summed E-state index contributed by atoms with van der Waals surface area (Å²) in [5.41, 5.74) is 7.38. The molecule has 1 aromatic carbocycles. The first kappa shape index (κ1) is 15.9. The maximum atomic E-state index is 11.6. The Bertz CT molecular complexity index is 479. The van der Waals surface area contributed by atoms with Crippen LogP contribution in [0.1, 0.15) is 19.4 Å². The van der Waals surface area contributed by atoms with Crippen molar-refractivity contribution in [3.8, 4) is 0 Å². The van der Waals surface area contributed by atoms with Gasteiger partial charge in [-0.1, -0.05) is 12.2 Å². The van der Waals surface area contributed by atoms with E-state index in [4.69, 9.17) is 18.0 Å². The minimum absolute atomic E-state index is 0.0129. The average Bonchev–Trinajstić information content (AvgIpc) is 2.35. The molecule has 0 aliphatic carbocycles. The summed E-state index contributed by atoms with van der Waals surface area (Å²) in [6.07, 6.45) is 0. The number of hydrogen-bond acceptors (Lipinski definition) is 3. The van der Waals surface area contributed by atoms with Gasteiger partial charge in [0.15, 0.2) is 0 Å². The van der Waals surface area contributed by atoms with Gasteiger partial charge in [0.05, 0.1) is 6.54 Å². The Hall–Kier alpha value is -1.14. The van der Waals surface area contributed by atoms with Gasteiger partial charge in [-0.3, -0.25) is 4.79 Å². The molecule has 0 spiro atoms. The second kappa shape index (κ2) is 7.45. The zero-order valence-electron chi connectivity index (χ0n) is 11.1. The molecule has 0 saturated heterocycles. The Labute approximate surface area is 127 Å². The van der Waals surface area contributed by atoms with Crippen LogP contribution in [0.2, 0.25) is 0 Å². The Balaban J connectivity index is 2.90. The maximum Gasteiger partial charge on any atom is 0.239 e. The standard InChI is InChI=1S/C13H18BrN3OS/c1-3-16-12(18)8-17(4-2)9-5-6-10(13(15)19)11(14)7-9/h5-7H,3-4,8H2,1-2H3,(H2,15,19)(H,16,18). The van der Waals surface area contributed by atoms with E-state index in [0.29, 0.717) is 18.1 Å². The largest absolute Gasteiger partial charge is 0.389 e. The molecule has 0 saturated carbocycles. The first-order valence-corrected chi connectivity index (χ1v) is 7.30. The number of carbonyl (C=O) groups is 1. The van der Waals surface area contributed by atoms with Gasteiger partial charge in [-0.15, -0.1) is 0 Å². The fraction of sp³-hybridized carbons (Fsp3) is 0.385. The molecule has 1 rings (SSSR count). The normalized spacial score (nSPS) is 10.1. The highest BCUT2D eigenvalue weighted by Crippen LogP contribution is 2.24.